The number of nitrogens with two attached hydrogens (primary N) is 1. The highest BCUT2D eigenvalue weighted by molar-refractivity contribution is 5.83. The first-order valence-corrected chi connectivity index (χ1v) is 6.00. The molecule has 0 aromatic heterocycles. The van der Waals surface area contributed by atoms with Crippen LogP contribution in [0.25, 0.3) is 0 Å². The summed E-state index contributed by atoms with van der Waals surface area (Å²) in [6, 6.07) is 3.42. The molecule has 0 saturated heterocycles. The van der Waals surface area contributed by atoms with Crippen molar-refractivity contribution in [1.29, 1.82) is 0 Å². The Balaban J connectivity index is 3.28. The monoisotopic (exact) mass is 271 g/mol. The van der Waals surface area contributed by atoms with Gasteiger partial charge in [-0.15, -0.1) is 0 Å². The summed E-state index contributed by atoms with van der Waals surface area (Å²) in [7, 11) is 0. The first-order chi connectivity index (χ1) is 8.62. The average molecular weight is 271 g/mol. The molecule has 106 valence electrons. The summed E-state index contributed by atoms with van der Waals surface area (Å²) >= 11 is 0. The summed E-state index contributed by atoms with van der Waals surface area (Å²) in [5.41, 5.74) is 2.90. The van der Waals surface area contributed by atoms with Crippen LogP contribution in [0.1, 0.15) is 33.3 Å². The van der Waals surface area contributed by atoms with Crippen LogP contribution >= 0.6 is 0 Å². The normalized spacial score (nSPS) is 14.9. The number of esters is 1. The Kier molecular flexibility index (Phi) is 4.30. The first kappa shape index (κ1) is 15.6. The number of rotatable bonds is 3. The number of hydrogen-bond acceptors (Lipinski definition) is 3. The predicted octanol–water partition coefficient (Wildman–Crippen LogP) is 2.52. The molecule has 1 aromatic carbocycles. The fourth-order valence-corrected chi connectivity index (χ4v) is 1.70. The third-order valence-electron chi connectivity index (χ3n) is 2.77. The highest BCUT2D eigenvalue weighted by Gasteiger charge is 2.41. The van der Waals surface area contributed by atoms with Gasteiger partial charge in [0.1, 0.15) is 22.7 Å². The van der Waals surface area contributed by atoms with Gasteiger partial charge in [0.25, 0.3) is 0 Å². The number of hydrogen-bond donors (Lipinski definition) is 1. The second-order valence-corrected chi connectivity index (χ2v) is 5.63. The molecule has 1 rings (SSSR count). The van der Waals surface area contributed by atoms with Gasteiger partial charge in [-0.1, -0.05) is 6.07 Å². The lowest BCUT2D eigenvalue weighted by molar-refractivity contribution is -0.161. The maximum Gasteiger partial charge on any atom is 0.318 e. The molecular formula is C14H19F2NO2. The van der Waals surface area contributed by atoms with E-state index in [2.05, 4.69) is 0 Å². The Morgan fingerprint density at radius 3 is 2.05 bits per heavy atom. The molecule has 0 bridgehead atoms. The van der Waals surface area contributed by atoms with Crippen LogP contribution in [0.5, 0.6) is 0 Å². The lowest BCUT2D eigenvalue weighted by Gasteiger charge is -2.31. The maximum absolute atomic E-state index is 13.8. The molecule has 0 heterocycles. The van der Waals surface area contributed by atoms with E-state index in [-0.39, 0.29) is 12.1 Å². The molecule has 1 unspecified atom stereocenters. The Morgan fingerprint density at radius 1 is 1.21 bits per heavy atom. The molecule has 0 spiro atoms. The highest BCUT2D eigenvalue weighted by Crippen LogP contribution is 2.30. The van der Waals surface area contributed by atoms with Gasteiger partial charge in [-0.2, -0.15) is 0 Å². The summed E-state index contributed by atoms with van der Waals surface area (Å²) in [6.45, 7) is 6.17. The molecule has 2 N–H and O–H groups in total. The van der Waals surface area contributed by atoms with Crippen molar-refractivity contribution in [2.75, 3.05) is 6.54 Å². The van der Waals surface area contributed by atoms with E-state index in [4.69, 9.17) is 10.5 Å². The zero-order chi connectivity index (χ0) is 14.8. The molecule has 0 aliphatic carbocycles. The van der Waals surface area contributed by atoms with Crippen LogP contribution in [0.4, 0.5) is 8.78 Å². The van der Waals surface area contributed by atoms with E-state index >= 15 is 0 Å². The summed E-state index contributed by atoms with van der Waals surface area (Å²) in [5.74, 6) is -2.36. The molecule has 0 aliphatic heterocycles. The Hall–Kier alpha value is -1.49. The molecule has 5 heteroatoms. The largest absolute Gasteiger partial charge is 0.459 e. The Morgan fingerprint density at radius 2 is 1.68 bits per heavy atom. The van der Waals surface area contributed by atoms with E-state index < -0.39 is 28.6 Å². The van der Waals surface area contributed by atoms with Gasteiger partial charge in [0, 0.05) is 12.1 Å². The van der Waals surface area contributed by atoms with Crippen molar-refractivity contribution in [3.8, 4) is 0 Å². The molecule has 0 saturated carbocycles. The Labute approximate surface area is 111 Å². The van der Waals surface area contributed by atoms with Crippen LogP contribution < -0.4 is 5.73 Å². The number of ether oxygens (including phenoxy) is 1. The summed E-state index contributed by atoms with van der Waals surface area (Å²) in [6.07, 6.45) is 0. The maximum atomic E-state index is 13.8. The minimum Gasteiger partial charge on any atom is -0.459 e. The zero-order valence-electron chi connectivity index (χ0n) is 11.6. The van der Waals surface area contributed by atoms with Crippen molar-refractivity contribution < 1.29 is 18.3 Å². The topological polar surface area (TPSA) is 52.3 Å². The van der Waals surface area contributed by atoms with Crippen LogP contribution in [-0.4, -0.2) is 18.1 Å². The van der Waals surface area contributed by atoms with Crippen molar-refractivity contribution in [2.24, 2.45) is 5.73 Å². The second-order valence-electron chi connectivity index (χ2n) is 5.63. The summed E-state index contributed by atoms with van der Waals surface area (Å²) in [5, 5.41) is 0. The first-order valence-electron chi connectivity index (χ1n) is 6.00. The van der Waals surface area contributed by atoms with E-state index in [0.29, 0.717) is 0 Å². The molecular weight excluding hydrogens is 252 g/mol. The Bertz CT molecular complexity index is 463. The van der Waals surface area contributed by atoms with E-state index in [1.54, 1.807) is 20.8 Å². The fourth-order valence-electron chi connectivity index (χ4n) is 1.70. The minimum atomic E-state index is -1.55. The minimum absolute atomic E-state index is 0.250. The van der Waals surface area contributed by atoms with Crippen LogP contribution in [-0.2, 0) is 14.9 Å². The average Bonchev–Trinajstić information content (AvgIpc) is 2.26. The van der Waals surface area contributed by atoms with Crippen molar-refractivity contribution in [2.45, 2.75) is 38.7 Å². The molecule has 0 radical (unpaired) electrons. The van der Waals surface area contributed by atoms with Gasteiger partial charge in [-0.25, -0.2) is 8.78 Å². The van der Waals surface area contributed by atoms with Crippen LogP contribution in [0.15, 0.2) is 18.2 Å². The van der Waals surface area contributed by atoms with Gasteiger partial charge in [0.15, 0.2) is 0 Å². The van der Waals surface area contributed by atoms with Crippen molar-refractivity contribution >= 4 is 5.97 Å². The SMILES string of the molecule is CC(C)(C)OC(=O)C(C)(CN)c1c(F)cccc1F. The van der Waals surface area contributed by atoms with Crippen LogP contribution in [0.2, 0.25) is 0 Å². The van der Waals surface area contributed by atoms with Gasteiger partial charge in [0.2, 0.25) is 0 Å². The van der Waals surface area contributed by atoms with Crippen molar-refractivity contribution in [3.63, 3.8) is 0 Å². The van der Waals surface area contributed by atoms with E-state index in [9.17, 15) is 13.6 Å². The lowest BCUT2D eigenvalue weighted by Crippen LogP contribution is -2.45. The molecule has 0 aliphatic rings. The smallest absolute Gasteiger partial charge is 0.318 e. The van der Waals surface area contributed by atoms with Crippen LogP contribution in [0.3, 0.4) is 0 Å². The molecule has 19 heavy (non-hydrogen) atoms. The number of carbonyl (C=O) groups is 1. The second kappa shape index (κ2) is 5.25. The molecule has 0 amide bonds. The molecule has 3 nitrogen and oxygen atoms in total. The number of halogens is 2. The lowest BCUT2D eigenvalue weighted by atomic mass is 9.81. The zero-order valence-corrected chi connectivity index (χ0v) is 11.6. The standard InChI is InChI=1S/C14H19F2NO2/c1-13(2,3)19-12(18)14(4,8-17)11-9(15)6-5-7-10(11)16/h5-7H,8,17H2,1-4H3. The van der Waals surface area contributed by atoms with Gasteiger partial charge in [-0.05, 0) is 39.8 Å². The third-order valence-corrected chi connectivity index (χ3v) is 2.77. The van der Waals surface area contributed by atoms with E-state index in [0.717, 1.165) is 12.1 Å². The quantitative estimate of drug-likeness (QED) is 0.859. The van der Waals surface area contributed by atoms with Gasteiger partial charge in [-0.3, -0.25) is 4.79 Å². The van der Waals surface area contributed by atoms with Crippen LogP contribution in [0, 0.1) is 11.6 Å². The third kappa shape index (κ3) is 3.29. The van der Waals surface area contributed by atoms with E-state index in [1.807, 2.05) is 0 Å². The van der Waals surface area contributed by atoms with Gasteiger partial charge in [0.05, 0.1) is 0 Å². The predicted molar refractivity (Wildman–Crippen MR) is 68.6 cm³/mol. The number of carbonyl (C=O) groups excluding carboxylic acids is 1. The number of benzene rings is 1. The molecule has 1 atom stereocenters. The van der Waals surface area contributed by atoms with Crippen molar-refractivity contribution in [3.05, 3.63) is 35.4 Å². The van der Waals surface area contributed by atoms with E-state index in [1.165, 1.54) is 13.0 Å². The van der Waals surface area contributed by atoms with Gasteiger partial charge >= 0.3 is 5.97 Å². The van der Waals surface area contributed by atoms with Crippen molar-refractivity contribution in [1.82, 2.24) is 0 Å². The highest BCUT2D eigenvalue weighted by atomic mass is 19.1. The summed E-state index contributed by atoms with van der Waals surface area (Å²) < 4.78 is 32.9. The van der Waals surface area contributed by atoms with Gasteiger partial charge < -0.3 is 10.5 Å². The summed E-state index contributed by atoms with van der Waals surface area (Å²) in [4.78, 5) is 12.2. The molecule has 1 aromatic rings. The molecule has 0 fully saturated rings. The fraction of sp³-hybridized carbons (Fsp3) is 0.500.